The molecule has 3 atom stereocenters. The standard InChI is InChI=1S/C20H26N4O9/c21-17(28)14(10-11-4-2-1-3-5-11)22-15(25)8-6-12(18(29)30)23-20(33)24-13(19(31)32)7-9-16(26)27/h1-5,12-14H,6-10H2,(H2,21,28)(H,22,25)(H,26,27)(H,29,30)(H,31,32)(H2,23,24,33)/t12-,13-,14-/m0/s1. The van der Waals surface area contributed by atoms with Gasteiger partial charge in [-0.1, -0.05) is 30.3 Å². The number of hydrogen-bond acceptors (Lipinski definition) is 6. The zero-order valence-electron chi connectivity index (χ0n) is 17.5. The summed E-state index contributed by atoms with van der Waals surface area (Å²) in [6, 6.07) is 3.49. The summed E-state index contributed by atoms with van der Waals surface area (Å²) < 4.78 is 0. The molecule has 0 aromatic heterocycles. The lowest BCUT2D eigenvalue weighted by Gasteiger charge is -2.19. The van der Waals surface area contributed by atoms with Gasteiger partial charge in [0.25, 0.3) is 0 Å². The maximum absolute atomic E-state index is 12.2. The maximum Gasteiger partial charge on any atom is 0.326 e. The second-order valence-corrected chi connectivity index (χ2v) is 7.08. The Bertz CT molecular complexity index is 876. The molecule has 0 saturated heterocycles. The highest BCUT2D eigenvalue weighted by atomic mass is 16.4. The first-order valence-corrected chi connectivity index (χ1v) is 9.86. The van der Waals surface area contributed by atoms with Gasteiger partial charge in [0.15, 0.2) is 0 Å². The Balaban J connectivity index is 2.63. The third kappa shape index (κ3) is 10.6. The average molecular weight is 466 g/mol. The number of carbonyl (C=O) groups is 6. The summed E-state index contributed by atoms with van der Waals surface area (Å²) in [7, 11) is 0. The van der Waals surface area contributed by atoms with Crippen molar-refractivity contribution in [2.24, 2.45) is 5.73 Å². The number of hydrogen-bond donors (Lipinski definition) is 7. The smallest absolute Gasteiger partial charge is 0.326 e. The first kappa shape index (κ1) is 26.9. The van der Waals surface area contributed by atoms with Gasteiger partial charge in [-0.2, -0.15) is 0 Å². The van der Waals surface area contributed by atoms with Gasteiger partial charge in [-0.15, -0.1) is 0 Å². The topological polar surface area (TPSA) is 225 Å². The summed E-state index contributed by atoms with van der Waals surface area (Å²) in [6.07, 6.45) is -1.54. The van der Waals surface area contributed by atoms with Crippen LogP contribution in [0.1, 0.15) is 31.2 Å². The van der Waals surface area contributed by atoms with E-state index in [0.29, 0.717) is 0 Å². The Kier molecular flexibility index (Phi) is 10.8. The molecule has 1 aromatic rings. The van der Waals surface area contributed by atoms with E-state index >= 15 is 0 Å². The Labute approximate surface area is 188 Å². The van der Waals surface area contributed by atoms with Gasteiger partial charge in [-0.05, 0) is 18.4 Å². The van der Waals surface area contributed by atoms with E-state index in [4.69, 9.17) is 15.9 Å². The molecule has 1 aromatic carbocycles. The van der Waals surface area contributed by atoms with Crippen LogP contribution in [0.2, 0.25) is 0 Å². The van der Waals surface area contributed by atoms with E-state index in [1.54, 1.807) is 30.3 Å². The molecule has 0 saturated carbocycles. The molecule has 0 unspecified atom stereocenters. The third-order valence-electron chi connectivity index (χ3n) is 4.48. The van der Waals surface area contributed by atoms with Crippen LogP contribution in [0.25, 0.3) is 0 Å². The van der Waals surface area contributed by atoms with E-state index < -0.39 is 66.7 Å². The highest BCUT2D eigenvalue weighted by molar-refractivity contribution is 5.88. The predicted octanol–water partition coefficient (Wildman–Crippen LogP) is -0.950. The number of amides is 4. The van der Waals surface area contributed by atoms with Crippen molar-refractivity contribution in [1.82, 2.24) is 16.0 Å². The second kappa shape index (κ2) is 13.3. The number of nitrogens with two attached hydrogens (primary N) is 1. The van der Waals surface area contributed by atoms with Crippen molar-refractivity contribution < 1.29 is 44.1 Å². The number of carboxylic acid groups (broad SMARTS) is 3. The van der Waals surface area contributed by atoms with Gasteiger partial charge in [0.05, 0.1) is 0 Å². The van der Waals surface area contributed by atoms with Crippen molar-refractivity contribution in [2.75, 3.05) is 0 Å². The zero-order chi connectivity index (χ0) is 25.0. The normalized spacial score (nSPS) is 13.1. The molecule has 0 aliphatic heterocycles. The van der Waals surface area contributed by atoms with Gasteiger partial charge in [-0.3, -0.25) is 14.4 Å². The molecule has 0 spiro atoms. The number of urea groups is 1. The fraction of sp³-hybridized carbons (Fsp3) is 0.400. The van der Waals surface area contributed by atoms with Gasteiger partial charge in [-0.25, -0.2) is 14.4 Å². The molecule has 13 heteroatoms. The molecule has 4 amide bonds. The molecule has 0 radical (unpaired) electrons. The van der Waals surface area contributed by atoms with Crippen LogP contribution in [0.4, 0.5) is 4.79 Å². The zero-order valence-corrected chi connectivity index (χ0v) is 17.5. The number of aliphatic carboxylic acids is 3. The van der Waals surface area contributed by atoms with Crippen molar-refractivity contribution in [3.05, 3.63) is 35.9 Å². The molecule has 0 aliphatic rings. The lowest BCUT2D eigenvalue weighted by molar-refractivity contribution is -0.141. The molecule has 8 N–H and O–H groups in total. The largest absolute Gasteiger partial charge is 0.481 e. The third-order valence-corrected chi connectivity index (χ3v) is 4.48. The number of carboxylic acids is 3. The quantitative estimate of drug-likeness (QED) is 0.179. The molecule has 0 bridgehead atoms. The number of benzene rings is 1. The van der Waals surface area contributed by atoms with Crippen LogP contribution in [0.3, 0.4) is 0 Å². The minimum atomic E-state index is -1.55. The average Bonchev–Trinajstić information content (AvgIpc) is 2.73. The molecule has 0 heterocycles. The van der Waals surface area contributed by atoms with Crippen LogP contribution >= 0.6 is 0 Å². The SMILES string of the molecule is NC(=O)[C@H](Cc1ccccc1)NC(=O)CC[C@H](NC(=O)N[C@@H](CCC(=O)O)C(=O)O)C(=O)O. The van der Waals surface area contributed by atoms with Crippen LogP contribution in [0.5, 0.6) is 0 Å². The Morgan fingerprint density at radius 1 is 0.758 bits per heavy atom. The molecule has 13 nitrogen and oxygen atoms in total. The summed E-state index contributed by atoms with van der Waals surface area (Å²) in [5.74, 6) is -5.69. The van der Waals surface area contributed by atoms with Crippen molar-refractivity contribution in [3.8, 4) is 0 Å². The van der Waals surface area contributed by atoms with Crippen molar-refractivity contribution in [3.63, 3.8) is 0 Å². The highest BCUT2D eigenvalue weighted by Gasteiger charge is 2.26. The lowest BCUT2D eigenvalue weighted by Crippen LogP contribution is -2.51. The first-order valence-electron chi connectivity index (χ1n) is 9.86. The summed E-state index contributed by atoms with van der Waals surface area (Å²) in [6.45, 7) is 0. The molecule has 1 rings (SSSR count). The number of carbonyl (C=O) groups excluding carboxylic acids is 3. The van der Waals surface area contributed by atoms with E-state index in [0.717, 1.165) is 5.56 Å². The fourth-order valence-corrected chi connectivity index (χ4v) is 2.76. The Morgan fingerprint density at radius 2 is 1.27 bits per heavy atom. The highest BCUT2D eigenvalue weighted by Crippen LogP contribution is 2.05. The molecule has 0 fully saturated rings. The minimum Gasteiger partial charge on any atom is -0.481 e. The minimum absolute atomic E-state index is 0.137. The predicted molar refractivity (Wildman–Crippen MR) is 112 cm³/mol. The summed E-state index contributed by atoms with van der Waals surface area (Å²) in [4.78, 5) is 68.9. The number of nitrogens with one attached hydrogen (secondary N) is 3. The Morgan fingerprint density at radius 3 is 1.73 bits per heavy atom. The second-order valence-electron chi connectivity index (χ2n) is 7.08. The van der Waals surface area contributed by atoms with Gasteiger partial charge in [0.1, 0.15) is 18.1 Å². The van der Waals surface area contributed by atoms with E-state index in [1.165, 1.54) is 0 Å². The first-order chi connectivity index (χ1) is 15.5. The monoisotopic (exact) mass is 466 g/mol. The van der Waals surface area contributed by atoms with Crippen LogP contribution in [0.15, 0.2) is 30.3 Å². The van der Waals surface area contributed by atoms with Gasteiger partial charge < -0.3 is 37.0 Å². The van der Waals surface area contributed by atoms with Crippen LogP contribution < -0.4 is 21.7 Å². The van der Waals surface area contributed by atoms with Crippen molar-refractivity contribution in [2.45, 2.75) is 50.2 Å². The van der Waals surface area contributed by atoms with E-state index in [-0.39, 0.29) is 19.3 Å². The molecule has 180 valence electrons. The van der Waals surface area contributed by atoms with Crippen LogP contribution in [-0.2, 0) is 30.4 Å². The van der Waals surface area contributed by atoms with Gasteiger partial charge in [0.2, 0.25) is 11.8 Å². The van der Waals surface area contributed by atoms with Gasteiger partial charge >= 0.3 is 23.9 Å². The Hall–Kier alpha value is -4.16. The summed E-state index contributed by atoms with van der Waals surface area (Å²) in [5.41, 5.74) is 6.07. The number of primary amides is 1. The van der Waals surface area contributed by atoms with Crippen molar-refractivity contribution in [1.29, 1.82) is 0 Å². The molecule has 0 aliphatic carbocycles. The number of rotatable bonds is 14. The van der Waals surface area contributed by atoms with Crippen LogP contribution in [-0.4, -0.2) is 69.2 Å². The summed E-state index contributed by atoms with van der Waals surface area (Å²) in [5, 5.41) is 33.4. The fourth-order valence-electron chi connectivity index (χ4n) is 2.76. The van der Waals surface area contributed by atoms with E-state index in [1.807, 2.05) is 10.6 Å². The van der Waals surface area contributed by atoms with Gasteiger partial charge in [0, 0.05) is 19.3 Å². The van der Waals surface area contributed by atoms with E-state index in [9.17, 15) is 33.9 Å². The maximum atomic E-state index is 12.2. The molecular formula is C20H26N4O9. The van der Waals surface area contributed by atoms with Crippen molar-refractivity contribution >= 4 is 35.8 Å². The molecule has 33 heavy (non-hydrogen) atoms. The van der Waals surface area contributed by atoms with Crippen LogP contribution in [0, 0.1) is 0 Å². The summed E-state index contributed by atoms with van der Waals surface area (Å²) >= 11 is 0. The molecular weight excluding hydrogens is 440 g/mol. The lowest BCUT2D eigenvalue weighted by atomic mass is 10.0. The van der Waals surface area contributed by atoms with E-state index in [2.05, 4.69) is 5.32 Å².